The van der Waals surface area contributed by atoms with Crippen LogP contribution < -0.4 is 0 Å². The highest BCUT2D eigenvalue weighted by atomic mass is 32.3. The quantitative estimate of drug-likeness (QED) is 0.136. The minimum atomic E-state index is -4.41. The van der Waals surface area contributed by atoms with Gasteiger partial charge in [-0.05, 0) is 0 Å². The Morgan fingerprint density at radius 1 is 0.448 bits per heavy atom. The molecule has 0 saturated heterocycles. The van der Waals surface area contributed by atoms with Crippen LogP contribution in [0.1, 0.15) is 0 Å². The molecule has 0 radical (unpaired) electrons. The minimum absolute atomic E-state index is 0.0136. The van der Waals surface area contributed by atoms with Crippen LogP contribution in [0.25, 0.3) is 0 Å². The van der Waals surface area contributed by atoms with E-state index < -0.39 is 10.4 Å². The van der Waals surface area contributed by atoms with Crippen LogP contribution in [-0.4, -0.2) is 124 Å². The third-order valence-corrected chi connectivity index (χ3v) is 3.39. The molecule has 0 heterocycles. The van der Waals surface area contributed by atoms with Crippen molar-refractivity contribution in [3.8, 4) is 0 Å². The van der Waals surface area contributed by atoms with Crippen molar-refractivity contribution in [3.05, 3.63) is 0 Å². The Morgan fingerprint density at radius 2 is 0.690 bits per heavy atom. The molecule has 0 bridgehead atoms. The lowest BCUT2D eigenvalue weighted by molar-refractivity contribution is -0.0221. The van der Waals surface area contributed by atoms with Crippen LogP contribution >= 0.6 is 0 Å². The Labute approximate surface area is 172 Å². The van der Waals surface area contributed by atoms with Crippen LogP contribution in [0.4, 0.5) is 0 Å². The predicted octanol–water partition coefficient (Wildman–Crippen LogP) is -1.09. The van der Waals surface area contributed by atoms with Gasteiger partial charge in [-0.25, -0.2) is 4.18 Å². The lowest BCUT2D eigenvalue weighted by Gasteiger charge is -2.08. The van der Waals surface area contributed by atoms with Crippen LogP contribution in [-0.2, 0) is 47.7 Å². The van der Waals surface area contributed by atoms with Crippen molar-refractivity contribution < 1.29 is 55.4 Å². The van der Waals surface area contributed by atoms with E-state index in [1.54, 1.807) is 0 Å². The Hall–Kier alpha value is -0.450. The van der Waals surface area contributed by atoms with Crippen molar-refractivity contribution in [1.29, 1.82) is 0 Å². The fraction of sp³-hybridized carbons (Fsp3) is 1.00. The van der Waals surface area contributed by atoms with Gasteiger partial charge in [0.2, 0.25) is 0 Å². The van der Waals surface area contributed by atoms with Gasteiger partial charge in [-0.15, -0.1) is 0 Å². The van der Waals surface area contributed by atoms with Gasteiger partial charge in [-0.2, -0.15) is 8.42 Å². The van der Waals surface area contributed by atoms with Crippen molar-refractivity contribution in [3.63, 3.8) is 0 Å². The first-order valence-electron chi connectivity index (χ1n) is 9.33. The molecular formula is C16H34O12S. The topological polar surface area (TPSA) is 148 Å². The van der Waals surface area contributed by atoms with Gasteiger partial charge in [-0.3, -0.25) is 4.55 Å². The van der Waals surface area contributed by atoms with Gasteiger partial charge in [0.1, 0.15) is 0 Å². The first kappa shape index (κ1) is 28.5. The van der Waals surface area contributed by atoms with Crippen LogP contribution in [0, 0.1) is 0 Å². The molecule has 12 nitrogen and oxygen atoms in total. The van der Waals surface area contributed by atoms with Crippen LogP contribution in [0.3, 0.4) is 0 Å². The third kappa shape index (κ3) is 27.6. The van der Waals surface area contributed by atoms with Crippen LogP contribution in [0.2, 0.25) is 0 Å². The highest BCUT2D eigenvalue weighted by Gasteiger charge is 2.02. The normalized spacial score (nSPS) is 11.9. The molecule has 0 rings (SSSR count). The molecule has 0 aromatic rings. The summed E-state index contributed by atoms with van der Waals surface area (Å²) in [5.41, 5.74) is 0. The van der Waals surface area contributed by atoms with Crippen molar-refractivity contribution in [1.82, 2.24) is 0 Å². The minimum Gasteiger partial charge on any atom is -0.394 e. The van der Waals surface area contributed by atoms with E-state index in [-0.39, 0.29) is 26.4 Å². The zero-order valence-electron chi connectivity index (χ0n) is 16.7. The largest absolute Gasteiger partial charge is 0.397 e. The number of hydrogen-bond acceptors (Lipinski definition) is 11. The van der Waals surface area contributed by atoms with E-state index in [0.717, 1.165) is 0 Å². The van der Waals surface area contributed by atoms with Crippen molar-refractivity contribution in [2.75, 3.05) is 106 Å². The Kier molecular flexibility index (Phi) is 21.9. The monoisotopic (exact) mass is 450 g/mol. The summed E-state index contributed by atoms with van der Waals surface area (Å²) >= 11 is 0. The number of aliphatic hydroxyl groups is 1. The van der Waals surface area contributed by atoms with Gasteiger partial charge in [0.05, 0.1) is 106 Å². The lowest BCUT2D eigenvalue weighted by atomic mass is 10.6. The molecule has 0 aromatic heterocycles. The van der Waals surface area contributed by atoms with Crippen LogP contribution in [0.5, 0.6) is 0 Å². The summed E-state index contributed by atoms with van der Waals surface area (Å²) in [4.78, 5) is 0. The number of hydrogen-bond donors (Lipinski definition) is 2. The van der Waals surface area contributed by atoms with E-state index in [0.29, 0.717) is 79.3 Å². The molecule has 29 heavy (non-hydrogen) atoms. The molecule has 13 heteroatoms. The van der Waals surface area contributed by atoms with Gasteiger partial charge >= 0.3 is 10.4 Å². The maximum absolute atomic E-state index is 10.3. The first-order chi connectivity index (χ1) is 14.1. The second kappa shape index (κ2) is 22.2. The van der Waals surface area contributed by atoms with Gasteiger partial charge in [0.15, 0.2) is 0 Å². The average Bonchev–Trinajstić information content (AvgIpc) is 2.67. The van der Waals surface area contributed by atoms with Gasteiger partial charge in [0.25, 0.3) is 0 Å². The number of ether oxygens (including phenoxy) is 7. The number of rotatable bonds is 24. The molecule has 0 aliphatic rings. The lowest BCUT2D eigenvalue weighted by Crippen LogP contribution is -2.15. The molecule has 0 spiro atoms. The molecule has 2 N–H and O–H groups in total. The fourth-order valence-corrected chi connectivity index (χ4v) is 1.96. The Balaban J connectivity index is 3.03. The van der Waals surface area contributed by atoms with E-state index in [1.165, 1.54) is 0 Å². The van der Waals surface area contributed by atoms with E-state index in [1.807, 2.05) is 0 Å². The van der Waals surface area contributed by atoms with E-state index in [2.05, 4.69) is 4.18 Å². The highest BCUT2D eigenvalue weighted by Crippen LogP contribution is 1.87. The molecule has 0 unspecified atom stereocenters. The second-order valence-electron chi connectivity index (χ2n) is 5.26. The molecule has 0 amide bonds. The summed E-state index contributed by atoms with van der Waals surface area (Å²) in [7, 11) is -4.41. The maximum Gasteiger partial charge on any atom is 0.397 e. The molecule has 0 aliphatic heterocycles. The summed E-state index contributed by atoms with van der Waals surface area (Å²) in [5, 5.41) is 8.51. The number of aliphatic hydroxyl groups excluding tert-OH is 1. The van der Waals surface area contributed by atoms with Crippen molar-refractivity contribution in [2.24, 2.45) is 0 Å². The van der Waals surface area contributed by atoms with E-state index in [4.69, 9.17) is 42.8 Å². The van der Waals surface area contributed by atoms with E-state index in [9.17, 15) is 8.42 Å². The SMILES string of the molecule is O=S(=O)(O)OCCOCCOCCOCCOCCOCCOCCOCCO. The summed E-state index contributed by atoms with van der Waals surface area (Å²) < 4.78 is 69.5. The van der Waals surface area contributed by atoms with Crippen LogP contribution in [0.15, 0.2) is 0 Å². The van der Waals surface area contributed by atoms with E-state index >= 15 is 0 Å². The highest BCUT2D eigenvalue weighted by molar-refractivity contribution is 7.80. The zero-order valence-corrected chi connectivity index (χ0v) is 17.5. The van der Waals surface area contributed by atoms with Gasteiger partial charge in [0, 0.05) is 0 Å². The molecule has 0 aliphatic carbocycles. The summed E-state index contributed by atoms with van der Waals surface area (Å²) in [6, 6.07) is 0. The molecule has 0 saturated carbocycles. The second-order valence-corrected chi connectivity index (χ2v) is 6.35. The first-order valence-corrected chi connectivity index (χ1v) is 10.7. The molecule has 0 atom stereocenters. The van der Waals surface area contributed by atoms with Crippen molar-refractivity contribution >= 4 is 10.4 Å². The zero-order chi connectivity index (χ0) is 21.5. The third-order valence-electron chi connectivity index (χ3n) is 2.93. The average molecular weight is 451 g/mol. The summed E-state index contributed by atoms with van der Waals surface area (Å²) in [5.74, 6) is 0. The van der Waals surface area contributed by atoms with Gasteiger partial charge in [-0.1, -0.05) is 0 Å². The Bertz CT molecular complexity index is 420. The molecule has 176 valence electrons. The Morgan fingerprint density at radius 3 is 0.931 bits per heavy atom. The predicted molar refractivity (Wildman–Crippen MR) is 100 cm³/mol. The standard InChI is InChI=1S/C16H34O12S/c17-1-2-21-3-4-22-5-6-23-7-8-24-9-10-25-11-12-26-13-14-27-15-16-28-29(18,19)20/h17H,1-16H2,(H,18,19,20). The fourth-order valence-electron chi connectivity index (χ4n) is 1.68. The van der Waals surface area contributed by atoms with Gasteiger partial charge < -0.3 is 38.3 Å². The molecular weight excluding hydrogens is 416 g/mol. The molecule has 0 fully saturated rings. The summed E-state index contributed by atoms with van der Waals surface area (Å²) in [6.07, 6.45) is 0. The van der Waals surface area contributed by atoms with Crippen molar-refractivity contribution in [2.45, 2.75) is 0 Å². The summed E-state index contributed by atoms with van der Waals surface area (Å²) in [6.45, 7) is 5.30. The maximum atomic E-state index is 10.3. The molecule has 0 aromatic carbocycles. The smallest absolute Gasteiger partial charge is 0.394 e.